The van der Waals surface area contributed by atoms with Crippen molar-refractivity contribution in [1.82, 2.24) is 19.8 Å². The maximum absolute atomic E-state index is 12.8. The molecule has 1 saturated heterocycles. The fraction of sp³-hybridized carbons (Fsp3) is 0.474. The third kappa shape index (κ3) is 3.63. The van der Waals surface area contributed by atoms with Gasteiger partial charge in [-0.05, 0) is 18.1 Å². The van der Waals surface area contributed by atoms with Crippen LogP contribution in [0.1, 0.15) is 23.9 Å². The minimum atomic E-state index is 0. The van der Waals surface area contributed by atoms with E-state index in [1.165, 1.54) is 5.56 Å². The highest BCUT2D eigenvalue weighted by atomic mass is 35.5. The van der Waals surface area contributed by atoms with E-state index in [9.17, 15) is 4.79 Å². The Morgan fingerprint density at radius 1 is 1.31 bits per heavy atom. The summed E-state index contributed by atoms with van der Waals surface area (Å²) in [6.45, 7) is 4.37. The number of benzene rings is 1. The number of carbonyl (C=O) groups excluding carboxylic acids is 1. The third-order valence-electron chi connectivity index (χ3n) is 5.31. The third-order valence-corrected chi connectivity index (χ3v) is 5.31. The zero-order valence-electron chi connectivity index (χ0n) is 15.1. The van der Waals surface area contributed by atoms with Gasteiger partial charge in [-0.1, -0.05) is 18.2 Å². The molecule has 0 spiro atoms. The molecule has 3 heterocycles. The minimum Gasteiger partial charge on any atom is -0.337 e. The quantitative estimate of drug-likeness (QED) is 0.884. The number of hydrogen-bond donors (Lipinski definition) is 1. The number of aromatic nitrogens is 2. The van der Waals surface area contributed by atoms with Gasteiger partial charge in [-0.15, -0.1) is 12.4 Å². The zero-order chi connectivity index (χ0) is 17.2. The highest BCUT2D eigenvalue weighted by Gasteiger charge is 2.29. The Labute approximate surface area is 160 Å². The molecule has 1 aromatic heterocycles. The van der Waals surface area contributed by atoms with Crippen LogP contribution in [0.5, 0.6) is 0 Å². The van der Waals surface area contributed by atoms with Gasteiger partial charge in [0.05, 0.1) is 6.04 Å². The second kappa shape index (κ2) is 8.20. The van der Waals surface area contributed by atoms with Crippen molar-refractivity contribution in [1.29, 1.82) is 0 Å². The molecule has 4 rings (SSSR count). The molecule has 0 saturated carbocycles. The number of carbonyl (C=O) groups is 1. The molecular formula is C19H26ClN5O. The molecule has 1 unspecified atom stereocenters. The monoisotopic (exact) mass is 375 g/mol. The molecule has 2 aliphatic heterocycles. The minimum absolute atomic E-state index is 0. The number of para-hydroxylation sites is 1. The molecule has 7 heteroatoms. The van der Waals surface area contributed by atoms with Crippen molar-refractivity contribution in [2.24, 2.45) is 7.05 Å². The Morgan fingerprint density at radius 3 is 2.96 bits per heavy atom. The van der Waals surface area contributed by atoms with Crippen LogP contribution in [-0.4, -0.2) is 53.1 Å². The number of piperazine rings is 1. The van der Waals surface area contributed by atoms with Crippen LogP contribution in [-0.2, 0) is 18.3 Å². The van der Waals surface area contributed by atoms with E-state index in [2.05, 4.69) is 31.9 Å². The Balaban J connectivity index is 0.00000196. The first kappa shape index (κ1) is 18.9. The van der Waals surface area contributed by atoms with E-state index >= 15 is 0 Å². The van der Waals surface area contributed by atoms with Crippen LogP contribution in [0, 0.1) is 0 Å². The van der Waals surface area contributed by atoms with Crippen molar-refractivity contribution in [3.8, 4) is 0 Å². The van der Waals surface area contributed by atoms with Gasteiger partial charge in [0.15, 0.2) is 0 Å². The summed E-state index contributed by atoms with van der Waals surface area (Å²) >= 11 is 0. The number of hydrogen-bond acceptors (Lipinski definition) is 4. The Bertz CT molecular complexity index is 762. The van der Waals surface area contributed by atoms with Gasteiger partial charge in [0.2, 0.25) is 5.91 Å². The van der Waals surface area contributed by atoms with Gasteiger partial charge in [0, 0.05) is 64.3 Å². The molecule has 2 aliphatic rings. The van der Waals surface area contributed by atoms with Gasteiger partial charge in [0.1, 0.15) is 5.82 Å². The summed E-state index contributed by atoms with van der Waals surface area (Å²) < 4.78 is 2.07. The number of fused-ring (bicyclic) bond motifs is 1. The molecule has 26 heavy (non-hydrogen) atoms. The standard InChI is InChI=1S/C19H25N5O.ClH/c1-22-12-9-21-19(22)17-14-20-8-13-23(17)10-7-18(25)24-11-6-15-4-2-3-5-16(15)24;/h2-5,9,12,17,20H,6-8,10-11,13-14H2,1H3;1H. The van der Waals surface area contributed by atoms with Crippen LogP contribution in [0.25, 0.3) is 0 Å². The lowest BCUT2D eigenvalue weighted by Crippen LogP contribution is -2.48. The van der Waals surface area contributed by atoms with Crippen molar-refractivity contribution < 1.29 is 4.79 Å². The summed E-state index contributed by atoms with van der Waals surface area (Å²) in [5.74, 6) is 1.29. The van der Waals surface area contributed by atoms with Gasteiger partial charge >= 0.3 is 0 Å². The first-order valence-corrected chi connectivity index (χ1v) is 9.04. The molecule has 1 atom stereocenters. The summed E-state index contributed by atoms with van der Waals surface area (Å²) in [7, 11) is 2.03. The average molecular weight is 376 g/mol. The predicted molar refractivity (Wildman–Crippen MR) is 105 cm³/mol. The van der Waals surface area contributed by atoms with Crippen LogP contribution in [0.3, 0.4) is 0 Å². The van der Waals surface area contributed by atoms with E-state index in [1.54, 1.807) is 0 Å². The molecule has 1 amide bonds. The number of imidazole rings is 1. The summed E-state index contributed by atoms with van der Waals surface area (Å²) in [6.07, 6.45) is 5.34. The highest BCUT2D eigenvalue weighted by Crippen LogP contribution is 2.28. The maximum atomic E-state index is 12.8. The second-order valence-corrected chi connectivity index (χ2v) is 6.83. The first-order chi connectivity index (χ1) is 12.2. The van der Waals surface area contributed by atoms with Crippen molar-refractivity contribution >= 4 is 24.0 Å². The molecule has 0 bridgehead atoms. The van der Waals surface area contributed by atoms with E-state index < -0.39 is 0 Å². The van der Waals surface area contributed by atoms with Crippen LogP contribution in [0.15, 0.2) is 36.7 Å². The number of nitrogens with zero attached hydrogens (tertiary/aromatic N) is 4. The number of rotatable bonds is 4. The molecule has 140 valence electrons. The molecular weight excluding hydrogens is 350 g/mol. The van der Waals surface area contributed by atoms with E-state index in [0.717, 1.165) is 50.7 Å². The van der Waals surface area contributed by atoms with E-state index in [1.807, 2.05) is 36.5 Å². The largest absolute Gasteiger partial charge is 0.337 e. The topological polar surface area (TPSA) is 53.4 Å². The smallest absolute Gasteiger partial charge is 0.228 e. The summed E-state index contributed by atoms with van der Waals surface area (Å²) in [5.41, 5.74) is 2.37. The first-order valence-electron chi connectivity index (χ1n) is 9.04. The summed E-state index contributed by atoms with van der Waals surface area (Å²) in [6, 6.07) is 8.47. The maximum Gasteiger partial charge on any atom is 0.228 e. The van der Waals surface area contributed by atoms with E-state index in [0.29, 0.717) is 6.42 Å². The number of halogens is 1. The van der Waals surface area contributed by atoms with Crippen molar-refractivity contribution in [3.63, 3.8) is 0 Å². The number of amides is 1. The van der Waals surface area contributed by atoms with Gasteiger partial charge < -0.3 is 14.8 Å². The lowest BCUT2D eigenvalue weighted by Gasteiger charge is -2.35. The van der Waals surface area contributed by atoms with Crippen LogP contribution in [0.4, 0.5) is 5.69 Å². The SMILES string of the molecule is Cl.Cn1ccnc1C1CNCCN1CCC(=O)N1CCc2ccccc21. The van der Waals surface area contributed by atoms with Crippen molar-refractivity contribution in [2.75, 3.05) is 37.6 Å². The average Bonchev–Trinajstić information content (AvgIpc) is 3.26. The van der Waals surface area contributed by atoms with Crippen LogP contribution in [0.2, 0.25) is 0 Å². The van der Waals surface area contributed by atoms with Crippen molar-refractivity contribution in [2.45, 2.75) is 18.9 Å². The highest BCUT2D eigenvalue weighted by molar-refractivity contribution is 5.95. The Morgan fingerprint density at radius 2 is 2.15 bits per heavy atom. The van der Waals surface area contributed by atoms with Gasteiger partial charge in [0.25, 0.3) is 0 Å². The molecule has 1 aromatic carbocycles. The molecule has 2 aromatic rings. The number of aryl methyl sites for hydroxylation is 1. The molecule has 0 aliphatic carbocycles. The van der Waals surface area contributed by atoms with Crippen molar-refractivity contribution in [3.05, 3.63) is 48.0 Å². The van der Waals surface area contributed by atoms with Gasteiger partial charge in [-0.25, -0.2) is 4.98 Å². The second-order valence-electron chi connectivity index (χ2n) is 6.83. The van der Waals surface area contributed by atoms with E-state index in [-0.39, 0.29) is 24.4 Å². The fourth-order valence-corrected chi connectivity index (χ4v) is 3.94. The van der Waals surface area contributed by atoms with Crippen LogP contribution >= 0.6 is 12.4 Å². The number of anilines is 1. The number of nitrogens with one attached hydrogen (secondary N) is 1. The normalized spacial score (nSPS) is 19.9. The lowest BCUT2D eigenvalue weighted by molar-refractivity contribution is -0.119. The molecule has 1 fully saturated rings. The van der Waals surface area contributed by atoms with Gasteiger partial charge in [-0.3, -0.25) is 9.69 Å². The Kier molecular flexibility index (Phi) is 5.96. The van der Waals surface area contributed by atoms with Crippen LogP contribution < -0.4 is 10.2 Å². The molecule has 0 radical (unpaired) electrons. The zero-order valence-corrected chi connectivity index (χ0v) is 15.9. The lowest BCUT2D eigenvalue weighted by atomic mass is 10.1. The Hall–Kier alpha value is -1.89. The molecule has 1 N–H and O–H groups in total. The predicted octanol–water partition coefficient (Wildman–Crippen LogP) is 1.77. The van der Waals surface area contributed by atoms with Gasteiger partial charge in [-0.2, -0.15) is 0 Å². The molecule has 6 nitrogen and oxygen atoms in total. The van der Waals surface area contributed by atoms with E-state index in [4.69, 9.17) is 0 Å². The summed E-state index contributed by atoms with van der Waals surface area (Å²) in [4.78, 5) is 21.6. The fourth-order valence-electron chi connectivity index (χ4n) is 3.94. The summed E-state index contributed by atoms with van der Waals surface area (Å²) in [5, 5.41) is 3.45.